The van der Waals surface area contributed by atoms with Crippen LogP contribution in [0.15, 0.2) is 12.3 Å². The van der Waals surface area contributed by atoms with Gasteiger partial charge in [-0.3, -0.25) is 0 Å². The summed E-state index contributed by atoms with van der Waals surface area (Å²) in [6.45, 7) is 0. The van der Waals surface area contributed by atoms with Crippen molar-refractivity contribution in [2.75, 3.05) is 5.73 Å². The van der Waals surface area contributed by atoms with E-state index in [-0.39, 0.29) is 5.69 Å². The molecule has 2 N–H and O–H groups in total. The van der Waals surface area contributed by atoms with Gasteiger partial charge in [0.25, 0.3) is 0 Å². The smallest absolute Gasteiger partial charge is 0.365 e. The summed E-state index contributed by atoms with van der Waals surface area (Å²) in [7, 11) is 0. The van der Waals surface area contributed by atoms with Gasteiger partial charge in [0.15, 0.2) is 12.0 Å². The molecule has 58 valence electrons. The molecule has 0 aliphatic rings. The number of nitrogen functional groups attached to an aromatic ring is 1. The summed E-state index contributed by atoms with van der Waals surface area (Å²) >= 11 is 0. The Morgan fingerprint density at radius 3 is 2.82 bits per heavy atom. The van der Waals surface area contributed by atoms with Gasteiger partial charge in [0.1, 0.15) is 0 Å². The molecule has 0 aliphatic carbocycles. The standard InChI is InChI=1S/C5H4FN3O2/c6-3-2-8-5(9(10)11)1-4(3)7/h1-2H,(H2,7,8). The maximum atomic E-state index is 12.4. The zero-order chi connectivity index (χ0) is 8.43. The van der Waals surface area contributed by atoms with Crippen molar-refractivity contribution in [2.45, 2.75) is 0 Å². The first-order valence-electron chi connectivity index (χ1n) is 2.66. The zero-order valence-electron chi connectivity index (χ0n) is 5.32. The number of halogens is 1. The molecule has 0 aliphatic heterocycles. The lowest BCUT2D eigenvalue weighted by atomic mass is 10.4. The fourth-order valence-corrected chi connectivity index (χ4v) is 0.542. The van der Waals surface area contributed by atoms with Crippen molar-refractivity contribution in [1.29, 1.82) is 0 Å². The first-order chi connectivity index (χ1) is 5.11. The summed E-state index contributed by atoms with van der Waals surface area (Å²) in [5.74, 6) is -1.21. The second kappa shape index (κ2) is 2.49. The number of pyridine rings is 1. The first kappa shape index (κ1) is 7.39. The van der Waals surface area contributed by atoms with Crippen LogP contribution in [0, 0.1) is 15.9 Å². The Morgan fingerprint density at radius 1 is 1.73 bits per heavy atom. The molecule has 0 fully saturated rings. The summed E-state index contributed by atoms with van der Waals surface area (Å²) in [5, 5.41) is 10.0. The molecule has 6 heteroatoms. The van der Waals surface area contributed by atoms with E-state index in [1.165, 1.54) is 0 Å². The third kappa shape index (κ3) is 1.40. The van der Waals surface area contributed by atoms with Crippen molar-refractivity contribution >= 4 is 11.5 Å². The number of nitro groups is 1. The van der Waals surface area contributed by atoms with E-state index in [0.717, 1.165) is 6.07 Å². The molecule has 0 unspecified atom stereocenters. The van der Waals surface area contributed by atoms with Crippen LogP contribution in [-0.2, 0) is 0 Å². The molecule has 5 nitrogen and oxygen atoms in total. The lowest BCUT2D eigenvalue weighted by Crippen LogP contribution is -1.96. The minimum Gasteiger partial charge on any atom is -0.396 e. The van der Waals surface area contributed by atoms with Crippen LogP contribution < -0.4 is 5.73 Å². The van der Waals surface area contributed by atoms with Gasteiger partial charge >= 0.3 is 5.82 Å². The van der Waals surface area contributed by atoms with Crippen LogP contribution in [0.25, 0.3) is 0 Å². The minimum atomic E-state index is -0.754. The summed E-state index contributed by atoms with van der Waals surface area (Å²) in [6, 6.07) is 0.870. The van der Waals surface area contributed by atoms with Gasteiger partial charge in [0.2, 0.25) is 0 Å². The predicted octanol–water partition coefficient (Wildman–Crippen LogP) is 0.711. The SMILES string of the molecule is Nc1cc([N+](=O)[O-])ncc1F. The highest BCUT2D eigenvalue weighted by Crippen LogP contribution is 2.14. The number of anilines is 1. The molecule has 0 aromatic carbocycles. The van der Waals surface area contributed by atoms with Crippen molar-refractivity contribution in [1.82, 2.24) is 4.98 Å². The Labute approximate surface area is 60.8 Å². The molecule has 1 aromatic heterocycles. The van der Waals surface area contributed by atoms with Crippen molar-refractivity contribution in [3.63, 3.8) is 0 Å². The molecule has 0 saturated heterocycles. The second-order valence-electron chi connectivity index (χ2n) is 1.82. The Morgan fingerprint density at radius 2 is 2.36 bits per heavy atom. The molecule has 1 aromatic rings. The van der Waals surface area contributed by atoms with E-state index in [9.17, 15) is 14.5 Å². The van der Waals surface area contributed by atoms with Crippen LogP contribution in [0.4, 0.5) is 15.9 Å². The summed E-state index contributed by atoms with van der Waals surface area (Å²) in [6.07, 6.45) is 0.716. The van der Waals surface area contributed by atoms with Gasteiger partial charge < -0.3 is 15.8 Å². The first-order valence-corrected chi connectivity index (χ1v) is 2.66. The van der Waals surface area contributed by atoms with Gasteiger partial charge in [-0.1, -0.05) is 0 Å². The third-order valence-corrected chi connectivity index (χ3v) is 1.06. The highest BCUT2D eigenvalue weighted by molar-refractivity contribution is 5.43. The van der Waals surface area contributed by atoms with Crippen molar-refractivity contribution < 1.29 is 9.31 Å². The monoisotopic (exact) mass is 157 g/mol. The number of rotatable bonds is 1. The van der Waals surface area contributed by atoms with Crippen LogP contribution >= 0.6 is 0 Å². The Bertz CT molecular complexity index is 302. The van der Waals surface area contributed by atoms with E-state index < -0.39 is 16.6 Å². The highest BCUT2D eigenvalue weighted by Gasteiger charge is 2.09. The van der Waals surface area contributed by atoms with E-state index >= 15 is 0 Å². The molecule has 0 atom stereocenters. The van der Waals surface area contributed by atoms with E-state index in [4.69, 9.17) is 5.73 Å². The molecule has 0 amide bonds. The van der Waals surface area contributed by atoms with E-state index in [2.05, 4.69) is 4.98 Å². The van der Waals surface area contributed by atoms with Gasteiger partial charge in [-0.2, -0.15) is 0 Å². The molecular formula is C5H4FN3O2. The Hall–Kier alpha value is -1.72. The van der Waals surface area contributed by atoms with Gasteiger partial charge in [-0.25, -0.2) is 4.39 Å². The molecule has 0 saturated carbocycles. The van der Waals surface area contributed by atoms with Crippen molar-refractivity contribution in [2.24, 2.45) is 0 Å². The normalized spacial score (nSPS) is 9.55. The average Bonchev–Trinajstić information content (AvgIpc) is 1.94. The molecular weight excluding hydrogens is 153 g/mol. The second-order valence-corrected chi connectivity index (χ2v) is 1.82. The lowest BCUT2D eigenvalue weighted by molar-refractivity contribution is -0.389. The minimum absolute atomic E-state index is 0.272. The molecule has 1 heterocycles. The van der Waals surface area contributed by atoms with Gasteiger partial charge in [-0.15, -0.1) is 0 Å². The van der Waals surface area contributed by atoms with Crippen molar-refractivity contribution in [3.05, 3.63) is 28.2 Å². The number of nitrogens with zero attached hydrogens (tertiary/aromatic N) is 2. The van der Waals surface area contributed by atoms with Crippen LogP contribution in [0.2, 0.25) is 0 Å². The Balaban J connectivity index is 3.15. The van der Waals surface area contributed by atoms with E-state index in [1.807, 2.05) is 0 Å². The fraction of sp³-hybridized carbons (Fsp3) is 0. The van der Waals surface area contributed by atoms with Crippen LogP contribution in [0.1, 0.15) is 0 Å². The van der Waals surface area contributed by atoms with E-state index in [0.29, 0.717) is 6.20 Å². The third-order valence-electron chi connectivity index (χ3n) is 1.06. The molecule has 0 bridgehead atoms. The number of hydrogen-bond acceptors (Lipinski definition) is 4. The highest BCUT2D eigenvalue weighted by atomic mass is 19.1. The molecule has 0 radical (unpaired) electrons. The van der Waals surface area contributed by atoms with Gasteiger partial charge in [-0.05, 0) is 9.91 Å². The molecule has 11 heavy (non-hydrogen) atoms. The summed E-state index contributed by atoms with van der Waals surface area (Å²) < 4.78 is 12.4. The maximum Gasteiger partial charge on any atom is 0.365 e. The van der Waals surface area contributed by atoms with Gasteiger partial charge in [0, 0.05) is 0 Å². The average molecular weight is 157 g/mol. The van der Waals surface area contributed by atoms with Crippen LogP contribution in [-0.4, -0.2) is 9.91 Å². The Kier molecular flexibility index (Phi) is 1.67. The number of nitrogens with two attached hydrogens (primary N) is 1. The topological polar surface area (TPSA) is 82.0 Å². The molecule has 0 spiro atoms. The predicted molar refractivity (Wildman–Crippen MR) is 35.3 cm³/mol. The maximum absolute atomic E-state index is 12.4. The van der Waals surface area contributed by atoms with Crippen LogP contribution in [0.5, 0.6) is 0 Å². The zero-order valence-corrected chi connectivity index (χ0v) is 5.32. The largest absolute Gasteiger partial charge is 0.396 e. The molecule has 1 rings (SSSR count). The summed E-state index contributed by atoms with van der Waals surface area (Å²) in [4.78, 5) is 12.5. The van der Waals surface area contributed by atoms with Crippen LogP contribution in [0.3, 0.4) is 0 Å². The summed E-state index contributed by atoms with van der Waals surface area (Å²) in [5.41, 5.74) is 4.77. The quantitative estimate of drug-likeness (QED) is 0.480. The van der Waals surface area contributed by atoms with Gasteiger partial charge in [0.05, 0.1) is 11.8 Å². The lowest BCUT2D eigenvalue weighted by Gasteiger charge is -1.93. The number of aromatic nitrogens is 1. The number of hydrogen-bond donors (Lipinski definition) is 1. The van der Waals surface area contributed by atoms with E-state index in [1.54, 1.807) is 0 Å². The van der Waals surface area contributed by atoms with Crippen molar-refractivity contribution in [3.8, 4) is 0 Å². The fourth-order valence-electron chi connectivity index (χ4n) is 0.542.